The molecule has 0 bridgehead atoms. The Kier molecular flexibility index (Phi) is 5.14. The molecule has 4 rings (SSSR count). The average molecular weight is 427 g/mol. The number of rotatable bonds is 4. The number of carboxylic acids is 1. The SMILES string of the molecule is O=C(Nc1cc(C(=O)O)cc(C(F)(F)F)c1)OCC1c2ccccc2-c2ccccc21. The molecular weight excluding hydrogens is 411 g/mol. The van der Waals surface area contributed by atoms with Gasteiger partial charge in [0.25, 0.3) is 0 Å². The largest absolute Gasteiger partial charge is 0.478 e. The van der Waals surface area contributed by atoms with E-state index < -0.39 is 29.4 Å². The summed E-state index contributed by atoms with van der Waals surface area (Å²) in [6.45, 7) is -0.0232. The van der Waals surface area contributed by atoms with Crippen LogP contribution in [0.4, 0.5) is 23.7 Å². The smallest absolute Gasteiger partial charge is 0.416 e. The maximum absolute atomic E-state index is 13.0. The minimum absolute atomic E-state index is 0.0232. The first-order valence-corrected chi connectivity index (χ1v) is 9.31. The van der Waals surface area contributed by atoms with Crippen LogP contribution >= 0.6 is 0 Å². The van der Waals surface area contributed by atoms with Gasteiger partial charge in [-0.3, -0.25) is 5.32 Å². The highest BCUT2D eigenvalue weighted by Gasteiger charge is 2.32. The molecule has 5 nitrogen and oxygen atoms in total. The second kappa shape index (κ2) is 7.79. The van der Waals surface area contributed by atoms with E-state index in [0.29, 0.717) is 12.1 Å². The predicted octanol–water partition coefficient (Wildman–Crippen LogP) is 5.76. The highest BCUT2D eigenvalue weighted by Crippen LogP contribution is 2.44. The van der Waals surface area contributed by atoms with Gasteiger partial charge in [0.05, 0.1) is 11.1 Å². The minimum Gasteiger partial charge on any atom is -0.478 e. The van der Waals surface area contributed by atoms with Gasteiger partial charge >= 0.3 is 18.2 Å². The Labute approximate surface area is 175 Å². The zero-order valence-corrected chi connectivity index (χ0v) is 15.9. The third kappa shape index (κ3) is 4.09. The van der Waals surface area contributed by atoms with Gasteiger partial charge in [-0.05, 0) is 40.5 Å². The Morgan fingerprint density at radius 1 is 0.935 bits per heavy atom. The molecule has 0 saturated carbocycles. The van der Waals surface area contributed by atoms with E-state index in [9.17, 15) is 22.8 Å². The molecule has 0 heterocycles. The van der Waals surface area contributed by atoms with Crippen LogP contribution in [0.3, 0.4) is 0 Å². The van der Waals surface area contributed by atoms with Crippen molar-refractivity contribution < 1.29 is 32.6 Å². The van der Waals surface area contributed by atoms with Gasteiger partial charge in [0, 0.05) is 11.6 Å². The number of anilines is 1. The van der Waals surface area contributed by atoms with E-state index in [0.717, 1.165) is 28.3 Å². The van der Waals surface area contributed by atoms with Crippen molar-refractivity contribution in [2.45, 2.75) is 12.1 Å². The first-order valence-electron chi connectivity index (χ1n) is 9.31. The summed E-state index contributed by atoms with van der Waals surface area (Å²) in [5.41, 5.74) is 1.97. The van der Waals surface area contributed by atoms with E-state index in [1.165, 1.54) is 0 Å². The summed E-state index contributed by atoms with van der Waals surface area (Å²) in [6.07, 6.45) is -5.74. The zero-order valence-electron chi connectivity index (χ0n) is 15.9. The molecular formula is C23H16F3NO4. The van der Waals surface area contributed by atoms with Crippen LogP contribution in [-0.2, 0) is 10.9 Å². The van der Waals surface area contributed by atoms with Crippen LogP contribution in [0.1, 0.15) is 33.0 Å². The molecule has 0 spiro atoms. The number of ether oxygens (including phenoxy) is 1. The van der Waals surface area contributed by atoms with Crippen LogP contribution in [0.25, 0.3) is 11.1 Å². The summed E-state index contributed by atoms with van der Waals surface area (Å²) in [4.78, 5) is 23.4. The van der Waals surface area contributed by atoms with Crippen molar-refractivity contribution in [3.05, 3.63) is 89.0 Å². The van der Waals surface area contributed by atoms with E-state index >= 15 is 0 Å². The van der Waals surface area contributed by atoms with Gasteiger partial charge in [-0.1, -0.05) is 48.5 Å². The third-order valence-electron chi connectivity index (χ3n) is 5.10. The molecule has 1 aliphatic carbocycles. The van der Waals surface area contributed by atoms with Crippen LogP contribution in [0.5, 0.6) is 0 Å². The molecule has 0 fully saturated rings. The Balaban J connectivity index is 1.52. The minimum atomic E-state index is -4.76. The molecule has 31 heavy (non-hydrogen) atoms. The molecule has 1 aliphatic rings. The number of benzene rings is 3. The monoisotopic (exact) mass is 427 g/mol. The first-order chi connectivity index (χ1) is 14.7. The van der Waals surface area contributed by atoms with Gasteiger partial charge in [-0.2, -0.15) is 13.2 Å². The fourth-order valence-corrected chi connectivity index (χ4v) is 3.74. The number of nitrogens with one attached hydrogen (secondary N) is 1. The van der Waals surface area contributed by atoms with Gasteiger partial charge in [-0.15, -0.1) is 0 Å². The number of fused-ring (bicyclic) bond motifs is 3. The van der Waals surface area contributed by atoms with Gasteiger partial charge in [0.15, 0.2) is 0 Å². The number of carbonyl (C=O) groups is 2. The molecule has 0 aromatic heterocycles. The van der Waals surface area contributed by atoms with Crippen molar-refractivity contribution in [1.82, 2.24) is 0 Å². The normalized spacial score (nSPS) is 12.7. The fraction of sp³-hybridized carbons (Fsp3) is 0.130. The second-order valence-corrected chi connectivity index (χ2v) is 7.05. The highest BCUT2D eigenvalue weighted by atomic mass is 19.4. The lowest BCUT2D eigenvalue weighted by atomic mass is 9.98. The van der Waals surface area contributed by atoms with Gasteiger partial charge < -0.3 is 9.84 Å². The lowest BCUT2D eigenvalue weighted by molar-refractivity contribution is -0.137. The lowest BCUT2D eigenvalue weighted by Gasteiger charge is -2.15. The van der Waals surface area contributed by atoms with Crippen LogP contribution in [0.2, 0.25) is 0 Å². The van der Waals surface area contributed by atoms with Gasteiger partial charge in [-0.25, -0.2) is 9.59 Å². The summed E-state index contributed by atoms with van der Waals surface area (Å²) in [5.74, 6) is -1.75. The van der Waals surface area contributed by atoms with E-state index in [1.54, 1.807) is 0 Å². The molecule has 8 heteroatoms. The molecule has 0 saturated heterocycles. The molecule has 0 atom stereocenters. The second-order valence-electron chi connectivity index (χ2n) is 7.05. The van der Waals surface area contributed by atoms with E-state index in [1.807, 2.05) is 48.5 Å². The number of aromatic carboxylic acids is 1. The predicted molar refractivity (Wildman–Crippen MR) is 107 cm³/mol. The fourth-order valence-electron chi connectivity index (χ4n) is 3.74. The molecule has 1 amide bonds. The molecule has 3 aromatic carbocycles. The lowest BCUT2D eigenvalue weighted by Crippen LogP contribution is -2.19. The van der Waals surface area contributed by atoms with Crippen LogP contribution in [-0.4, -0.2) is 23.8 Å². The summed E-state index contributed by atoms with van der Waals surface area (Å²) < 4.78 is 44.4. The maximum Gasteiger partial charge on any atom is 0.416 e. The number of hydrogen-bond acceptors (Lipinski definition) is 3. The number of hydrogen-bond donors (Lipinski definition) is 2. The topological polar surface area (TPSA) is 75.6 Å². The van der Waals surface area contributed by atoms with E-state index in [4.69, 9.17) is 9.84 Å². The summed E-state index contributed by atoms with van der Waals surface area (Å²) in [5, 5.41) is 11.3. The summed E-state index contributed by atoms with van der Waals surface area (Å²) in [7, 11) is 0. The Morgan fingerprint density at radius 3 is 2.06 bits per heavy atom. The zero-order chi connectivity index (χ0) is 22.2. The van der Waals surface area contributed by atoms with Crippen molar-refractivity contribution in [2.75, 3.05) is 11.9 Å². The number of carbonyl (C=O) groups excluding carboxylic acids is 1. The first kappa shape index (κ1) is 20.5. The van der Waals surface area contributed by atoms with Crippen LogP contribution in [0, 0.1) is 0 Å². The molecule has 0 radical (unpaired) electrons. The van der Waals surface area contributed by atoms with Crippen LogP contribution < -0.4 is 5.32 Å². The van der Waals surface area contributed by atoms with Crippen molar-refractivity contribution in [1.29, 1.82) is 0 Å². The number of alkyl halides is 3. The maximum atomic E-state index is 13.0. The quantitative estimate of drug-likeness (QED) is 0.555. The number of amides is 1. The molecule has 158 valence electrons. The van der Waals surface area contributed by atoms with Gasteiger partial charge in [0.2, 0.25) is 0 Å². The average Bonchev–Trinajstić information content (AvgIpc) is 3.05. The number of halogens is 3. The Bertz CT molecular complexity index is 1130. The molecule has 3 aromatic rings. The standard InChI is InChI=1S/C23H16F3NO4/c24-23(25,26)14-9-13(21(28)29)10-15(11-14)27-22(30)31-12-20-18-7-3-1-5-16(18)17-6-2-4-8-19(17)20/h1-11,20H,12H2,(H,27,30)(H,28,29). The molecule has 2 N–H and O–H groups in total. The van der Waals surface area contributed by atoms with Crippen LogP contribution in [0.15, 0.2) is 66.7 Å². The highest BCUT2D eigenvalue weighted by molar-refractivity contribution is 5.92. The van der Waals surface area contributed by atoms with E-state index in [2.05, 4.69) is 5.32 Å². The number of carboxylic acid groups (broad SMARTS) is 1. The molecule has 0 aliphatic heterocycles. The Hall–Kier alpha value is -3.81. The van der Waals surface area contributed by atoms with E-state index in [-0.39, 0.29) is 18.2 Å². The summed E-state index contributed by atoms with van der Waals surface area (Å²) in [6, 6.07) is 17.5. The van der Waals surface area contributed by atoms with Crippen molar-refractivity contribution >= 4 is 17.7 Å². The van der Waals surface area contributed by atoms with Gasteiger partial charge in [0.1, 0.15) is 6.61 Å². The Morgan fingerprint density at radius 2 is 1.52 bits per heavy atom. The van der Waals surface area contributed by atoms with Crippen molar-refractivity contribution in [3.8, 4) is 11.1 Å². The third-order valence-corrected chi connectivity index (χ3v) is 5.10. The van der Waals surface area contributed by atoms with Crippen molar-refractivity contribution in [3.63, 3.8) is 0 Å². The van der Waals surface area contributed by atoms with Crippen molar-refractivity contribution in [2.24, 2.45) is 0 Å². The molecule has 0 unspecified atom stereocenters. The summed E-state index contributed by atoms with van der Waals surface area (Å²) >= 11 is 0.